The van der Waals surface area contributed by atoms with Gasteiger partial charge >= 0.3 is 5.97 Å². The van der Waals surface area contributed by atoms with E-state index in [-0.39, 0.29) is 16.7 Å². The Balaban J connectivity index is 2.94. The van der Waals surface area contributed by atoms with Gasteiger partial charge in [0, 0.05) is 5.92 Å². The van der Waals surface area contributed by atoms with Gasteiger partial charge in [-0.25, -0.2) is 4.79 Å². The number of carbonyl (C=O) groups is 1. The first kappa shape index (κ1) is 13.1. The van der Waals surface area contributed by atoms with Gasteiger partial charge in [0.05, 0.1) is 5.02 Å². The number of hydrogen-bond donors (Lipinski definition) is 1. The van der Waals surface area contributed by atoms with E-state index in [0.717, 1.165) is 0 Å². The zero-order chi connectivity index (χ0) is 12.3. The van der Waals surface area contributed by atoms with Gasteiger partial charge < -0.3 is 9.84 Å². The van der Waals surface area contributed by atoms with Gasteiger partial charge in [0.1, 0.15) is 10.8 Å². The van der Waals surface area contributed by atoms with Crippen LogP contribution in [0.5, 0.6) is 5.75 Å². The Bertz CT molecular complexity index is 391. The molecule has 0 aromatic heterocycles. The fourth-order valence-corrected chi connectivity index (χ4v) is 1.52. The molecule has 0 aliphatic rings. The minimum Gasteiger partial charge on any atom is -0.478 e. The van der Waals surface area contributed by atoms with Crippen molar-refractivity contribution < 1.29 is 14.6 Å². The average Bonchev–Trinajstić information content (AvgIpc) is 2.19. The SMILES string of the molecule is CC(C)[C@H](Oc1cccc(Cl)c1Cl)C(=O)O. The third kappa shape index (κ3) is 3.03. The molecule has 1 aromatic carbocycles. The van der Waals surface area contributed by atoms with Crippen LogP contribution in [0.15, 0.2) is 18.2 Å². The molecule has 0 bridgehead atoms. The fourth-order valence-electron chi connectivity index (χ4n) is 1.18. The van der Waals surface area contributed by atoms with Crippen LogP contribution in [-0.2, 0) is 4.79 Å². The highest BCUT2D eigenvalue weighted by molar-refractivity contribution is 6.42. The number of aliphatic carboxylic acids is 1. The van der Waals surface area contributed by atoms with E-state index in [9.17, 15) is 4.79 Å². The molecule has 3 nitrogen and oxygen atoms in total. The molecule has 5 heteroatoms. The molecule has 0 fully saturated rings. The number of carboxylic acid groups (broad SMARTS) is 1. The van der Waals surface area contributed by atoms with Gasteiger partial charge in [-0.05, 0) is 12.1 Å². The molecular formula is C11H12Cl2O3. The number of rotatable bonds is 4. The van der Waals surface area contributed by atoms with Crippen LogP contribution in [-0.4, -0.2) is 17.2 Å². The Hall–Kier alpha value is -0.930. The highest BCUT2D eigenvalue weighted by atomic mass is 35.5. The van der Waals surface area contributed by atoms with Crippen molar-refractivity contribution >= 4 is 29.2 Å². The maximum absolute atomic E-state index is 10.9. The molecule has 1 N–H and O–H groups in total. The molecule has 0 spiro atoms. The van der Waals surface area contributed by atoms with Crippen LogP contribution in [0, 0.1) is 5.92 Å². The van der Waals surface area contributed by atoms with Crippen LogP contribution >= 0.6 is 23.2 Å². The lowest BCUT2D eigenvalue weighted by atomic mass is 10.1. The second-order valence-corrected chi connectivity index (χ2v) is 4.46. The van der Waals surface area contributed by atoms with E-state index in [4.69, 9.17) is 33.0 Å². The lowest BCUT2D eigenvalue weighted by Crippen LogP contribution is -2.32. The lowest BCUT2D eigenvalue weighted by molar-refractivity contribution is -0.147. The van der Waals surface area contributed by atoms with Crippen LogP contribution in [0.4, 0.5) is 0 Å². The van der Waals surface area contributed by atoms with E-state index in [1.165, 1.54) is 0 Å². The van der Waals surface area contributed by atoms with Crippen molar-refractivity contribution in [1.82, 2.24) is 0 Å². The summed E-state index contributed by atoms with van der Waals surface area (Å²) in [5, 5.41) is 9.54. The summed E-state index contributed by atoms with van der Waals surface area (Å²) in [4.78, 5) is 10.9. The minimum absolute atomic E-state index is 0.160. The molecule has 0 aliphatic heterocycles. The molecule has 0 heterocycles. The van der Waals surface area contributed by atoms with E-state index < -0.39 is 12.1 Å². The maximum Gasteiger partial charge on any atom is 0.345 e. The van der Waals surface area contributed by atoms with Gasteiger partial charge in [0.2, 0.25) is 0 Å². The smallest absolute Gasteiger partial charge is 0.345 e. The van der Waals surface area contributed by atoms with E-state index in [1.807, 2.05) is 0 Å². The van der Waals surface area contributed by atoms with Crippen LogP contribution in [0.1, 0.15) is 13.8 Å². The summed E-state index contributed by atoms with van der Waals surface area (Å²) in [5.74, 6) is -0.895. The third-order valence-electron chi connectivity index (χ3n) is 2.02. The first-order chi connectivity index (χ1) is 7.43. The van der Waals surface area contributed by atoms with Crippen molar-refractivity contribution in [3.05, 3.63) is 28.2 Å². The largest absolute Gasteiger partial charge is 0.478 e. The Labute approximate surface area is 104 Å². The summed E-state index contributed by atoms with van der Waals surface area (Å²) in [7, 11) is 0. The topological polar surface area (TPSA) is 46.5 Å². The van der Waals surface area contributed by atoms with E-state index >= 15 is 0 Å². The molecule has 1 aromatic rings. The number of hydrogen-bond acceptors (Lipinski definition) is 2. The summed E-state index contributed by atoms with van der Waals surface area (Å²) in [6.07, 6.45) is -0.934. The van der Waals surface area contributed by atoms with Gasteiger partial charge in [-0.15, -0.1) is 0 Å². The highest BCUT2D eigenvalue weighted by Crippen LogP contribution is 2.32. The summed E-state index contributed by atoms with van der Waals surface area (Å²) in [5.41, 5.74) is 0. The highest BCUT2D eigenvalue weighted by Gasteiger charge is 2.24. The fraction of sp³-hybridized carbons (Fsp3) is 0.364. The number of carboxylic acids is 1. The number of halogens is 2. The summed E-state index contributed by atoms with van der Waals surface area (Å²) in [6.45, 7) is 3.52. The third-order valence-corrected chi connectivity index (χ3v) is 2.82. The zero-order valence-electron chi connectivity index (χ0n) is 8.91. The van der Waals surface area contributed by atoms with Crippen LogP contribution in [0.3, 0.4) is 0 Å². The van der Waals surface area contributed by atoms with Crippen LogP contribution in [0.25, 0.3) is 0 Å². The molecule has 0 saturated carbocycles. The van der Waals surface area contributed by atoms with E-state index in [2.05, 4.69) is 0 Å². The van der Waals surface area contributed by atoms with Crippen molar-refractivity contribution in [1.29, 1.82) is 0 Å². The summed E-state index contributed by atoms with van der Waals surface area (Å²) >= 11 is 11.7. The zero-order valence-corrected chi connectivity index (χ0v) is 10.4. The van der Waals surface area contributed by atoms with Gasteiger partial charge in [-0.1, -0.05) is 43.1 Å². The predicted octanol–water partition coefficient (Wildman–Crippen LogP) is 3.48. The van der Waals surface area contributed by atoms with Crippen molar-refractivity contribution in [3.8, 4) is 5.75 Å². The molecule has 0 saturated heterocycles. The van der Waals surface area contributed by atoms with E-state index in [1.54, 1.807) is 32.0 Å². The lowest BCUT2D eigenvalue weighted by Gasteiger charge is -2.19. The quantitative estimate of drug-likeness (QED) is 0.904. The maximum atomic E-state index is 10.9. The van der Waals surface area contributed by atoms with Crippen molar-refractivity contribution in [2.45, 2.75) is 20.0 Å². The molecule has 16 heavy (non-hydrogen) atoms. The van der Waals surface area contributed by atoms with E-state index in [0.29, 0.717) is 5.02 Å². The Morgan fingerprint density at radius 2 is 2.00 bits per heavy atom. The van der Waals surface area contributed by atoms with Crippen molar-refractivity contribution in [3.63, 3.8) is 0 Å². The molecule has 0 amide bonds. The van der Waals surface area contributed by atoms with Crippen molar-refractivity contribution in [2.75, 3.05) is 0 Å². The van der Waals surface area contributed by atoms with Crippen molar-refractivity contribution in [2.24, 2.45) is 5.92 Å². The number of benzene rings is 1. The Morgan fingerprint density at radius 3 is 2.50 bits per heavy atom. The second-order valence-electron chi connectivity index (χ2n) is 3.67. The average molecular weight is 263 g/mol. The Kier molecular flexibility index (Phi) is 4.44. The van der Waals surface area contributed by atoms with Gasteiger partial charge in [0.25, 0.3) is 0 Å². The molecule has 0 radical (unpaired) electrons. The summed E-state index contributed by atoms with van der Waals surface area (Å²) in [6, 6.07) is 4.86. The normalized spacial score (nSPS) is 12.6. The first-order valence-electron chi connectivity index (χ1n) is 4.77. The summed E-state index contributed by atoms with van der Waals surface area (Å²) < 4.78 is 5.33. The molecule has 1 rings (SSSR count). The molecule has 1 atom stereocenters. The van der Waals surface area contributed by atoms with Crippen LogP contribution < -0.4 is 4.74 Å². The molecule has 88 valence electrons. The molecular weight excluding hydrogens is 251 g/mol. The molecule has 0 aliphatic carbocycles. The van der Waals surface area contributed by atoms with Crippen LogP contribution in [0.2, 0.25) is 10.0 Å². The monoisotopic (exact) mass is 262 g/mol. The minimum atomic E-state index is -1.02. The first-order valence-corrected chi connectivity index (χ1v) is 5.52. The second kappa shape index (κ2) is 5.41. The predicted molar refractivity (Wildman–Crippen MR) is 63.4 cm³/mol. The number of ether oxygens (including phenoxy) is 1. The van der Waals surface area contributed by atoms with Gasteiger partial charge in [-0.3, -0.25) is 0 Å². The Morgan fingerprint density at radius 1 is 1.38 bits per heavy atom. The molecule has 0 unspecified atom stereocenters. The standard InChI is InChI=1S/C11H12Cl2O3/c1-6(2)10(11(14)15)16-8-5-3-4-7(12)9(8)13/h3-6,10H,1-2H3,(H,14,15)/t10-/m0/s1. The van der Waals surface area contributed by atoms with Gasteiger partial charge in [0.15, 0.2) is 6.10 Å². The van der Waals surface area contributed by atoms with Gasteiger partial charge in [-0.2, -0.15) is 0 Å².